The molecular formula is C15H19Br2NO3. The monoisotopic (exact) mass is 419 g/mol. The minimum atomic E-state index is -0.299. The van der Waals surface area contributed by atoms with Crippen molar-refractivity contribution in [2.24, 2.45) is 0 Å². The van der Waals surface area contributed by atoms with E-state index in [0.29, 0.717) is 6.04 Å². The second-order valence-corrected chi connectivity index (χ2v) is 7.20. The number of rotatable bonds is 3. The quantitative estimate of drug-likeness (QED) is 0.790. The molecule has 1 aliphatic carbocycles. The highest BCUT2D eigenvalue weighted by atomic mass is 79.9. The SMILES string of the molecule is COc1cc(NC2CCC3(CC2)OCCO3)c(Br)cc1Br. The van der Waals surface area contributed by atoms with Crippen molar-refractivity contribution in [1.82, 2.24) is 0 Å². The van der Waals surface area contributed by atoms with Crippen molar-refractivity contribution in [2.75, 3.05) is 25.6 Å². The molecule has 4 nitrogen and oxygen atoms in total. The Morgan fingerprint density at radius 3 is 2.43 bits per heavy atom. The summed E-state index contributed by atoms with van der Waals surface area (Å²) >= 11 is 7.09. The van der Waals surface area contributed by atoms with Crippen LogP contribution in [0.15, 0.2) is 21.1 Å². The normalized spacial score (nSPS) is 21.7. The molecule has 1 saturated carbocycles. The predicted octanol–water partition coefficient (Wildman–Crippen LogP) is 4.32. The van der Waals surface area contributed by atoms with Crippen molar-refractivity contribution in [3.05, 3.63) is 21.1 Å². The first-order valence-corrected chi connectivity index (χ1v) is 8.78. The Bertz CT molecular complexity index is 508. The molecule has 0 bridgehead atoms. The first-order chi connectivity index (χ1) is 10.1. The third kappa shape index (κ3) is 3.38. The molecule has 1 saturated heterocycles. The van der Waals surface area contributed by atoms with Gasteiger partial charge >= 0.3 is 0 Å². The minimum absolute atomic E-state index is 0.299. The van der Waals surface area contributed by atoms with E-state index in [4.69, 9.17) is 14.2 Å². The second kappa shape index (κ2) is 6.44. The summed E-state index contributed by atoms with van der Waals surface area (Å²) in [6.07, 6.45) is 4.00. The number of hydrogen-bond donors (Lipinski definition) is 1. The Morgan fingerprint density at radius 1 is 1.14 bits per heavy atom. The van der Waals surface area contributed by atoms with E-state index >= 15 is 0 Å². The summed E-state index contributed by atoms with van der Waals surface area (Å²) in [5.41, 5.74) is 1.06. The largest absolute Gasteiger partial charge is 0.495 e. The van der Waals surface area contributed by atoms with Crippen LogP contribution >= 0.6 is 31.9 Å². The lowest BCUT2D eigenvalue weighted by Gasteiger charge is -2.36. The topological polar surface area (TPSA) is 39.7 Å². The van der Waals surface area contributed by atoms with E-state index in [2.05, 4.69) is 37.2 Å². The van der Waals surface area contributed by atoms with E-state index in [1.54, 1.807) is 7.11 Å². The van der Waals surface area contributed by atoms with E-state index < -0.39 is 0 Å². The molecule has 2 fully saturated rings. The van der Waals surface area contributed by atoms with Gasteiger partial charge in [0.2, 0.25) is 0 Å². The van der Waals surface area contributed by atoms with E-state index in [1.807, 2.05) is 12.1 Å². The van der Waals surface area contributed by atoms with E-state index in [9.17, 15) is 0 Å². The van der Waals surface area contributed by atoms with Gasteiger partial charge in [-0.2, -0.15) is 0 Å². The van der Waals surface area contributed by atoms with Crippen LogP contribution in [0.1, 0.15) is 25.7 Å². The second-order valence-electron chi connectivity index (χ2n) is 5.49. The average molecular weight is 421 g/mol. The predicted molar refractivity (Wildman–Crippen MR) is 88.9 cm³/mol. The third-order valence-electron chi connectivity index (χ3n) is 4.16. The van der Waals surface area contributed by atoms with Crippen LogP contribution in [-0.4, -0.2) is 32.2 Å². The number of benzene rings is 1. The Labute approximate surface area is 141 Å². The molecule has 1 aromatic carbocycles. The highest BCUT2D eigenvalue weighted by Crippen LogP contribution is 2.39. The zero-order valence-electron chi connectivity index (χ0n) is 12.0. The van der Waals surface area contributed by atoms with Gasteiger partial charge in [0, 0.05) is 29.4 Å². The summed E-state index contributed by atoms with van der Waals surface area (Å²) in [6, 6.07) is 4.46. The van der Waals surface area contributed by atoms with Crippen LogP contribution in [0, 0.1) is 0 Å². The van der Waals surface area contributed by atoms with Crippen molar-refractivity contribution < 1.29 is 14.2 Å². The van der Waals surface area contributed by atoms with Crippen LogP contribution in [0.3, 0.4) is 0 Å². The van der Waals surface area contributed by atoms with Gasteiger partial charge in [-0.1, -0.05) is 0 Å². The molecule has 0 aromatic heterocycles. The van der Waals surface area contributed by atoms with Crippen molar-refractivity contribution in [3.8, 4) is 5.75 Å². The smallest absolute Gasteiger partial charge is 0.168 e. The Balaban J connectivity index is 1.65. The molecule has 21 heavy (non-hydrogen) atoms. The summed E-state index contributed by atoms with van der Waals surface area (Å²) in [7, 11) is 1.68. The Kier molecular flexibility index (Phi) is 4.78. The number of ether oxygens (including phenoxy) is 3. The van der Waals surface area contributed by atoms with Gasteiger partial charge in [0.25, 0.3) is 0 Å². The molecule has 1 aromatic rings. The first kappa shape index (κ1) is 15.6. The van der Waals surface area contributed by atoms with Gasteiger partial charge in [-0.05, 0) is 50.8 Å². The van der Waals surface area contributed by atoms with Crippen LogP contribution in [0.25, 0.3) is 0 Å². The summed E-state index contributed by atoms with van der Waals surface area (Å²) in [6.45, 7) is 1.46. The lowest BCUT2D eigenvalue weighted by molar-refractivity contribution is -0.177. The number of nitrogens with one attached hydrogen (secondary N) is 1. The zero-order valence-corrected chi connectivity index (χ0v) is 15.1. The molecule has 0 atom stereocenters. The van der Waals surface area contributed by atoms with E-state index in [1.165, 1.54) is 0 Å². The van der Waals surface area contributed by atoms with Gasteiger partial charge in [-0.3, -0.25) is 0 Å². The molecule has 2 aliphatic rings. The molecule has 1 spiro atoms. The molecule has 6 heteroatoms. The zero-order chi connectivity index (χ0) is 14.9. The minimum Gasteiger partial charge on any atom is -0.495 e. The molecule has 0 unspecified atom stereocenters. The number of hydrogen-bond acceptors (Lipinski definition) is 4. The van der Waals surface area contributed by atoms with Gasteiger partial charge in [-0.25, -0.2) is 0 Å². The summed E-state index contributed by atoms with van der Waals surface area (Å²) < 4.78 is 18.9. The summed E-state index contributed by atoms with van der Waals surface area (Å²) in [5.74, 6) is 0.530. The number of anilines is 1. The first-order valence-electron chi connectivity index (χ1n) is 7.19. The summed E-state index contributed by atoms with van der Waals surface area (Å²) in [5, 5.41) is 3.60. The molecule has 0 amide bonds. The third-order valence-corrected chi connectivity index (χ3v) is 5.44. The lowest BCUT2D eigenvalue weighted by Crippen LogP contribution is -2.39. The lowest BCUT2D eigenvalue weighted by atomic mass is 9.90. The van der Waals surface area contributed by atoms with Crippen LogP contribution in [0.2, 0.25) is 0 Å². The van der Waals surface area contributed by atoms with E-state index in [0.717, 1.165) is 59.3 Å². The van der Waals surface area contributed by atoms with Crippen LogP contribution < -0.4 is 10.1 Å². The van der Waals surface area contributed by atoms with Crippen molar-refractivity contribution in [1.29, 1.82) is 0 Å². The van der Waals surface area contributed by atoms with Gasteiger partial charge in [0.05, 0.1) is 30.5 Å². The Hall–Kier alpha value is -0.300. The average Bonchev–Trinajstić information content (AvgIpc) is 2.93. The van der Waals surface area contributed by atoms with Crippen molar-refractivity contribution in [2.45, 2.75) is 37.5 Å². The molecule has 1 N–H and O–H groups in total. The van der Waals surface area contributed by atoms with Crippen molar-refractivity contribution >= 4 is 37.5 Å². The molecule has 3 rings (SSSR count). The molecule has 0 radical (unpaired) electrons. The molecule has 1 aliphatic heterocycles. The molecule has 1 heterocycles. The maximum Gasteiger partial charge on any atom is 0.168 e. The van der Waals surface area contributed by atoms with Gasteiger partial charge in [0.1, 0.15) is 5.75 Å². The van der Waals surface area contributed by atoms with Gasteiger partial charge < -0.3 is 19.5 Å². The number of methoxy groups -OCH3 is 1. The molecular weight excluding hydrogens is 402 g/mol. The van der Waals surface area contributed by atoms with Crippen LogP contribution in [0.4, 0.5) is 5.69 Å². The summed E-state index contributed by atoms with van der Waals surface area (Å²) in [4.78, 5) is 0. The van der Waals surface area contributed by atoms with E-state index in [-0.39, 0.29) is 5.79 Å². The van der Waals surface area contributed by atoms with Gasteiger partial charge in [0.15, 0.2) is 5.79 Å². The highest BCUT2D eigenvalue weighted by molar-refractivity contribution is 9.11. The highest BCUT2D eigenvalue weighted by Gasteiger charge is 2.40. The van der Waals surface area contributed by atoms with Crippen LogP contribution in [-0.2, 0) is 9.47 Å². The maximum atomic E-state index is 5.77. The van der Waals surface area contributed by atoms with Crippen molar-refractivity contribution in [3.63, 3.8) is 0 Å². The number of halogens is 2. The fraction of sp³-hybridized carbons (Fsp3) is 0.600. The Morgan fingerprint density at radius 2 is 1.81 bits per heavy atom. The fourth-order valence-electron chi connectivity index (χ4n) is 3.00. The maximum absolute atomic E-state index is 5.77. The fourth-order valence-corrected chi connectivity index (χ4v) is 4.27. The van der Waals surface area contributed by atoms with Gasteiger partial charge in [-0.15, -0.1) is 0 Å². The van der Waals surface area contributed by atoms with Crippen LogP contribution in [0.5, 0.6) is 5.75 Å². The molecule has 116 valence electrons. The standard InChI is InChI=1S/C15H19Br2NO3/c1-19-14-9-13(11(16)8-12(14)17)18-10-2-4-15(5-3-10)20-6-7-21-15/h8-10,18H,2-7H2,1H3.